The average Bonchev–Trinajstić information content (AvgIpc) is 2.88. The largest absolute Gasteiger partial charge is 0.487 e. The van der Waals surface area contributed by atoms with Crippen molar-refractivity contribution in [2.24, 2.45) is 0 Å². The molecular formula is C16H17ClO2. The van der Waals surface area contributed by atoms with Crippen molar-refractivity contribution in [2.45, 2.75) is 38.2 Å². The lowest BCUT2D eigenvalue weighted by molar-refractivity contribution is 0.138. The number of alkyl halides is 1. The van der Waals surface area contributed by atoms with Crippen molar-refractivity contribution in [1.82, 2.24) is 0 Å². The van der Waals surface area contributed by atoms with E-state index < -0.39 is 0 Å². The maximum Gasteiger partial charge on any atom is 0.128 e. The Hall–Kier alpha value is -1.41. The molecule has 1 atom stereocenters. The summed E-state index contributed by atoms with van der Waals surface area (Å²) in [4.78, 5) is 0. The quantitative estimate of drug-likeness (QED) is 0.746. The second-order valence-corrected chi connectivity index (χ2v) is 6.17. The lowest BCUT2D eigenvalue weighted by Gasteiger charge is -2.16. The minimum atomic E-state index is -0.246. The first-order valence-electron chi connectivity index (χ1n) is 6.46. The second kappa shape index (κ2) is 4.31. The first-order valence-corrected chi connectivity index (χ1v) is 6.90. The van der Waals surface area contributed by atoms with Gasteiger partial charge in [-0.15, -0.1) is 11.6 Å². The van der Waals surface area contributed by atoms with Gasteiger partial charge in [-0.2, -0.15) is 0 Å². The van der Waals surface area contributed by atoms with Crippen molar-refractivity contribution < 1.29 is 9.15 Å². The van der Waals surface area contributed by atoms with Gasteiger partial charge in [-0.3, -0.25) is 0 Å². The van der Waals surface area contributed by atoms with Crippen molar-refractivity contribution in [3.05, 3.63) is 53.0 Å². The first-order chi connectivity index (χ1) is 8.96. The van der Waals surface area contributed by atoms with Crippen LogP contribution in [0.15, 0.2) is 34.9 Å². The van der Waals surface area contributed by atoms with Gasteiger partial charge in [0, 0.05) is 6.42 Å². The number of halogens is 1. The Balaban J connectivity index is 1.94. The molecule has 3 heteroatoms. The molecule has 100 valence electrons. The van der Waals surface area contributed by atoms with E-state index in [2.05, 4.69) is 19.9 Å². The van der Waals surface area contributed by atoms with Gasteiger partial charge in [0.25, 0.3) is 0 Å². The summed E-state index contributed by atoms with van der Waals surface area (Å²) in [5, 5.41) is -0.246. The SMILES string of the molecule is Cc1ccoc1C(Cl)c1ccc2c(c1)CC(C)(C)O2. The number of benzene rings is 1. The van der Waals surface area contributed by atoms with Gasteiger partial charge in [0.1, 0.15) is 22.5 Å². The van der Waals surface area contributed by atoms with Crippen LogP contribution in [0.5, 0.6) is 5.75 Å². The summed E-state index contributed by atoms with van der Waals surface area (Å²) in [7, 11) is 0. The molecule has 1 aromatic carbocycles. The molecule has 0 aliphatic carbocycles. The van der Waals surface area contributed by atoms with Crippen LogP contribution in [0.4, 0.5) is 0 Å². The lowest BCUT2D eigenvalue weighted by atomic mass is 9.98. The molecule has 0 saturated heterocycles. The Bertz CT molecular complexity index is 613. The number of rotatable bonds is 2. The summed E-state index contributed by atoms with van der Waals surface area (Å²) >= 11 is 6.52. The summed E-state index contributed by atoms with van der Waals surface area (Å²) in [6, 6.07) is 8.08. The van der Waals surface area contributed by atoms with Crippen LogP contribution in [0.25, 0.3) is 0 Å². The topological polar surface area (TPSA) is 22.4 Å². The fraction of sp³-hybridized carbons (Fsp3) is 0.375. The minimum absolute atomic E-state index is 0.122. The molecule has 1 aliphatic rings. The van der Waals surface area contributed by atoms with Crippen LogP contribution >= 0.6 is 11.6 Å². The number of hydrogen-bond donors (Lipinski definition) is 0. The van der Waals surface area contributed by atoms with Gasteiger partial charge in [0.05, 0.1) is 6.26 Å². The number of aryl methyl sites for hydroxylation is 1. The molecule has 2 heterocycles. The first kappa shape index (κ1) is 12.6. The van der Waals surface area contributed by atoms with Crippen LogP contribution in [-0.2, 0) is 6.42 Å². The minimum Gasteiger partial charge on any atom is -0.487 e. The van der Waals surface area contributed by atoms with E-state index in [0.29, 0.717) is 0 Å². The third-order valence-electron chi connectivity index (χ3n) is 3.51. The summed E-state index contributed by atoms with van der Waals surface area (Å²) in [6.07, 6.45) is 2.59. The van der Waals surface area contributed by atoms with Gasteiger partial charge in [-0.1, -0.05) is 12.1 Å². The third kappa shape index (κ3) is 2.25. The average molecular weight is 277 g/mol. The normalized spacial score (nSPS) is 17.9. The fourth-order valence-corrected chi connectivity index (χ4v) is 2.94. The van der Waals surface area contributed by atoms with E-state index in [0.717, 1.165) is 29.1 Å². The van der Waals surface area contributed by atoms with Crippen LogP contribution < -0.4 is 4.74 Å². The summed E-state index contributed by atoms with van der Waals surface area (Å²) in [6.45, 7) is 6.21. The van der Waals surface area contributed by atoms with E-state index in [-0.39, 0.29) is 11.0 Å². The maximum atomic E-state index is 6.52. The number of fused-ring (bicyclic) bond motifs is 1. The van der Waals surface area contributed by atoms with Gasteiger partial charge in [0.2, 0.25) is 0 Å². The van der Waals surface area contributed by atoms with Crippen LogP contribution in [0.3, 0.4) is 0 Å². The van der Waals surface area contributed by atoms with Gasteiger partial charge in [-0.05, 0) is 49.6 Å². The van der Waals surface area contributed by atoms with Crippen molar-refractivity contribution in [2.75, 3.05) is 0 Å². The number of furan rings is 1. The third-order valence-corrected chi connectivity index (χ3v) is 3.96. The standard InChI is InChI=1S/C16H17ClO2/c1-10-6-7-18-15(10)14(17)11-4-5-13-12(8-11)9-16(2,3)19-13/h4-8,14H,9H2,1-3H3. The van der Waals surface area contributed by atoms with E-state index in [9.17, 15) is 0 Å². The van der Waals surface area contributed by atoms with Crippen LogP contribution in [0, 0.1) is 6.92 Å². The van der Waals surface area contributed by atoms with Crippen molar-refractivity contribution in [1.29, 1.82) is 0 Å². The second-order valence-electron chi connectivity index (χ2n) is 5.74. The highest BCUT2D eigenvalue weighted by atomic mass is 35.5. The highest BCUT2D eigenvalue weighted by molar-refractivity contribution is 6.22. The Morgan fingerprint density at radius 2 is 2.05 bits per heavy atom. The van der Waals surface area contributed by atoms with Crippen LogP contribution in [0.2, 0.25) is 0 Å². The Labute approximate surface area is 118 Å². The molecule has 0 bridgehead atoms. The number of ether oxygens (including phenoxy) is 1. The molecule has 1 aromatic heterocycles. The molecule has 0 saturated carbocycles. The molecule has 1 unspecified atom stereocenters. The fourth-order valence-electron chi connectivity index (χ4n) is 2.58. The molecule has 0 amide bonds. The van der Waals surface area contributed by atoms with E-state index in [4.69, 9.17) is 20.8 Å². The molecule has 0 fully saturated rings. The molecule has 0 radical (unpaired) electrons. The molecule has 3 rings (SSSR count). The zero-order chi connectivity index (χ0) is 13.6. The number of hydrogen-bond acceptors (Lipinski definition) is 2. The van der Waals surface area contributed by atoms with E-state index in [1.165, 1.54) is 5.56 Å². The van der Waals surface area contributed by atoms with Crippen LogP contribution in [0.1, 0.15) is 41.7 Å². The highest BCUT2D eigenvalue weighted by Crippen LogP contribution is 2.39. The predicted octanol–water partition coefficient (Wildman–Crippen LogP) is 4.63. The van der Waals surface area contributed by atoms with Gasteiger partial charge in [0.15, 0.2) is 0 Å². The van der Waals surface area contributed by atoms with Gasteiger partial charge < -0.3 is 9.15 Å². The summed E-state index contributed by atoms with van der Waals surface area (Å²) < 4.78 is 11.4. The summed E-state index contributed by atoms with van der Waals surface area (Å²) in [5.74, 6) is 1.79. The van der Waals surface area contributed by atoms with Crippen LogP contribution in [-0.4, -0.2) is 5.60 Å². The molecule has 0 N–H and O–H groups in total. The Morgan fingerprint density at radius 3 is 2.74 bits per heavy atom. The molecule has 2 nitrogen and oxygen atoms in total. The Kier molecular flexibility index (Phi) is 2.86. The van der Waals surface area contributed by atoms with E-state index in [1.54, 1.807) is 6.26 Å². The highest BCUT2D eigenvalue weighted by Gasteiger charge is 2.30. The van der Waals surface area contributed by atoms with Gasteiger partial charge >= 0.3 is 0 Å². The molecule has 2 aromatic rings. The summed E-state index contributed by atoms with van der Waals surface area (Å²) in [5.41, 5.74) is 3.23. The maximum absolute atomic E-state index is 6.52. The molecule has 1 aliphatic heterocycles. The van der Waals surface area contributed by atoms with Crippen molar-refractivity contribution in [3.8, 4) is 5.75 Å². The smallest absolute Gasteiger partial charge is 0.128 e. The molecule has 0 spiro atoms. The van der Waals surface area contributed by atoms with Crippen molar-refractivity contribution >= 4 is 11.6 Å². The Morgan fingerprint density at radius 1 is 1.26 bits per heavy atom. The van der Waals surface area contributed by atoms with Crippen molar-refractivity contribution in [3.63, 3.8) is 0 Å². The molecular weight excluding hydrogens is 260 g/mol. The van der Waals surface area contributed by atoms with E-state index >= 15 is 0 Å². The zero-order valence-electron chi connectivity index (χ0n) is 11.4. The lowest BCUT2D eigenvalue weighted by Crippen LogP contribution is -2.24. The monoisotopic (exact) mass is 276 g/mol. The van der Waals surface area contributed by atoms with Gasteiger partial charge in [-0.25, -0.2) is 0 Å². The van der Waals surface area contributed by atoms with E-state index in [1.807, 2.05) is 25.1 Å². The predicted molar refractivity (Wildman–Crippen MR) is 76.0 cm³/mol. The molecule has 19 heavy (non-hydrogen) atoms. The zero-order valence-corrected chi connectivity index (χ0v) is 12.1.